The minimum Gasteiger partial charge on any atom is -0.446 e. The van der Waals surface area contributed by atoms with Crippen LogP contribution in [0.25, 0.3) is 0 Å². The van der Waals surface area contributed by atoms with Crippen molar-refractivity contribution >= 4 is 18.9 Å². The number of nitrogens with zero attached hydrogens (tertiary/aromatic N) is 1. The number of ether oxygens (including phenoxy) is 3. The maximum atomic E-state index is 12.6. The van der Waals surface area contributed by atoms with E-state index in [-0.39, 0.29) is 19.0 Å². The normalized spacial score (nSPS) is 22.2. The molecule has 170 valence electrons. The average molecular weight is 441 g/mol. The Labute approximate surface area is 185 Å². The van der Waals surface area contributed by atoms with Gasteiger partial charge in [-0.1, -0.05) is 57.0 Å². The van der Waals surface area contributed by atoms with Crippen LogP contribution in [0, 0.1) is 5.92 Å². The fourth-order valence-electron chi connectivity index (χ4n) is 3.43. The molecule has 2 N–H and O–H groups in total. The summed E-state index contributed by atoms with van der Waals surface area (Å²) >= 11 is 4.46. The van der Waals surface area contributed by atoms with Gasteiger partial charge in [-0.25, -0.2) is 4.79 Å². The second-order valence-electron chi connectivity index (χ2n) is 8.33. The van der Waals surface area contributed by atoms with Gasteiger partial charge in [-0.05, 0) is 24.8 Å². The predicted molar refractivity (Wildman–Crippen MR) is 119 cm³/mol. The molecule has 1 heterocycles. The van der Waals surface area contributed by atoms with Crippen molar-refractivity contribution < 1.29 is 24.1 Å². The Kier molecular flexibility index (Phi) is 11.0. The van der Waals surface area contributed by atoms with Gasteiger partial charge in [0.25, 0.3) is 0 Å². The fourth-order valence-corrected chi connectivity index (χ4v) is 3.92. The summed E-state index contributed by atoms with van der Waals surface area (Å²) in [6.07, 6.45) is 0.0417. The van der Waals surface area contributed by atoms with Crippen molar-refractivity contribution in [3.63, 3.8) is 0 Å². The molecule has 0 unspecified atom stereocenters. The van der Waals surface area contributed by atoms with Gasteiger partial charge in [0.2, 0.25) is 0 Å². The van der Waals surface area contributed by atoms with Crippen LogP contribution in [-0.2, 0) is 20.6 Å². The van der Waals surface area contributed by atoms with Crippen molar-refractivity contribution in [1.29, 1.82) is 0 Å². The van der Waals surface area contributed by atoms with Gasteiger partial charge in [0, 0.05) is 25.9 Å². The van der Waals surface area contributed by atoms with Gasteiger partial charge >= 0.3 is 6.09 Å². The van der Waals surface area contributed by atoms with Crippen molar-refractivity contribution in [3.8, 4) is 0 Å². The zero-order valence-electron chi connectivity index (χ0n) is 18.2. The summed E-state index contributed by atoms with van der Waals surface area (Å²) in [5, 5.41) is 13.7. The van der Waals surface area contributed by atoms with E-state index in [1.54, 1.807) is 4.31 Å². The first-order valence-electron chi connectivity index (χ1n) is 10.7. The molecule has 0 saturated carbocycles. The van der Waals surface area contributed by atoms with Crippen LogP contribution < -0.4 is 5.32 Å². The number of rotatable bonds is 9. The third-order valence-electron chi connectivity index (χ3n) is 4.93. The molecule has 1 aromatic rings. The van der Waals surface area contributed by atoms with E-state index in [1.807, 2.05) is 37.3 Å². The van der Waals surface area contributed by atoms with Crippen molar-refractivity contribution in [2.24, 2.45) is 5.92 Å². The minimum absolute atomic E-state index is 0.0532. The molecule has 0 aliphatic carbocycles. The zero-order chi connectivity index (χ0) is 21.9. The molecule has 1 saturated heterocycles. The SMILES string of the molecule is CC(C)CN(S)C[C@@H](O)[C@H](Cc1ccccc1)NC(=O)O[C@@H]1CCOCO[C@@H](C)C1. The number of aliphatic hydroxyl groups excluding tert-OH is 1. The molecule has 8 heteroatoms. The number of thiol groups is 1. The van der Waals surface area contributed by atoms with Gasteiger partial charge in [0.1, 0.15) is 12.9 Å². The highest BCUT2D eigenvalue weighted by atomic mass is 32.1. The van der Waals surface area contributed by atoms with Gasteiger partial charge in [-0.2, -0.15) is 0 Å². The molecule has 30 heavy (non-hydrogen) atoms. The number of benzene rings is 1. The summed E-state index contributed by atoms with van der Waals surface area (Å²) in [4.78, 5) is 12.6. The van der Waals surface area contributed by atoms with Crippen LogP contribution in [0.4, 0.5) is 4.79 Å². The summed E-state index contributed by atoms with van der Waals surface area (Å²) in [7, 11) is 0. The lowest BCUT2D eigenvalue weighted by Gasteiger charge is -2.29. The van der Waals surface area contributed by atoms with Crippen molar-refractivity contribution in [2.75, 3.05) is 26.5 Å². The Morgan fingerprint density at radius 2 is 2.07 bits per heavy atom. The van der Waals surface area contributed by atoms with Gasteiger partial charge in [0.05, 0.1) is 24.9 Å². The lowest BCUT2D eigenvalue weighted by Crippen LogP contribution is -2.49. The Morgan fingerprint density at radius 3 is 2.77 bits per heavy atom. The van der Waals surface area contributed by atoms with Crippen LogP contribution in [-0.4, -0.2) is 66.3 Å². The van der Waals surface area contributed by atoms with Crippen LogP contribution >= 0.6 is 12.8 Å². The Morgan fingerprint density at radius 1 is 1.33 bits per heavy atom. The summed E-state index contributed by atoms with van der Waals surface area (Å²) in [6, 6.07) is 9.27. The number of amides is 1. The molecule has 1 aliphatic rings. The molecule has 4 atom stereocenters. The quantitative estimate of drug-likeness (QED) is 0.512. The molecule has 0 radical (unpaired) electrons. The summed E-state index contributed by atoms with van der Waals surface area (Å²) in [5.74, 6) is 0.422. The van der Waals surface area contributed by atoms with Gasteiger partial charge in [-0.3, -0.25) is 4.31 Å². The van der Waals surface area contributed by atoms with E-state index in [0.717, 1.165) is 12.1 Å². The maximum absolute atomic E-state index is 12.6. The summed E-state index contributed by atoms with van der Waals surface area (Å²) < 4.78 is 18.2. The summed E-state index contributed by atoms with van der Waals surface area (Å²) in [5.41, 5.74) is 1.03. The van der Waals surface area contributed by atoms with E-state index < -0.39 is 18.2 Å². The maximum Gasteiger partial charge on any atom is 0.407 e. The smallest absolute Gasteiger partial charge is 0.407 e. The van der Waals surface area contributed by atoms with E-state index >= 15 is 0 Å². The fraction of sp³-hybridized carbons (Fsp3) is 0.682. The van der Waals surface area contributed by atoms with Crippen LogP contribution in [0.3, 0.4) is 0 Å². The molecule has 0 spiro atoms. The van der Waals surface area contributed by atoms with Crippen molar-refractivity contribution in [3.05, 3.63) is 35.9 Å². The Bertz CT molecular complexity index is 619. The van der Waals surface area contributed by atoms with E-state index in [9.17, 15) is 9.90 Å². The van der Waals surface area contributed by atoms with E-state index in [1.165, 1.54) is 0 Å². The van der Waals surface area contributed by atoms with Crippen LogP contribution in [0.15, 0.2) is 30.3 Å². The Hall–Kier alpha value is -1.32. The van der Waals surface area contributed by atoms with Crippen molar-refractivity contribution in [2.45, 2.75) is 64.4 Å². The zero-order valence-corrected chi connectivity index (χ0v) is 19.1. The first kappa shape index (κ1) is 24.9. The number of aliphatic hydroxyl groups is 1. The average Bonchev–Trinajstić information content (AvgIpc) is 2.65. The second kappa shape index (κ2) is 13.2. The molecular formula is C22H36N2O5S. The first-order chi connectivity index (χ1) is 14.3. The number of hydrogen-bond donors (Lipinski definition) is 3. The van der Waals surface area contributed by atoms with Crippen LogP contribution in [0.1, 0.15) is 39.2 Å². The van der Waals surface area contributed by atoms with Crippen molar-refractivity contribution in [1.82, 2.24) is 9.62 Å². The number of carbonyl (C=O) groups excluding carboxylic acids is 1. The van der Waals surface area contributed by atoms with Gasteiger partial charge in [0.15, 0.2) is 0 Å². The van der Waals surface area contributed by atoms with Crippen LogP contribution in [0.2, 0.25) is 0 Å². The monoisotopic (exact) mass is 440 g/mol. The second-order valence-corrected chi connectivity index (χ2v) is 8.89. The lowest BCUT2D eigenvalue weighted by molar-refractivity contribution is -0.118. The standard InChI is InChI=1S/C22H36N2O5S/c1-16(2)13-24(30)14-21(25)20(12-18-7-5-4-6-8-18)23-22(26)29-19-9-10-27-15-28-17(3)11-19/h4-8,16-17,19-21,25,30H,9-15H2,1-3H3,(H,23,26)/t17-,19+,20-,21+/m0/s1. The number of hydrogen-bond acceptors (Lipinski definition) is 7. The molecule has 1 fully saturated rings. The number of nitrogens with one attached hydrogen (secondary N) is 1. The topological polar surface area (TPSA) is 80.3 Å². The highest BCUT2D eigenvalue weighted by Gasteiger charge is 2.26. The molecule has 0 aromatic heterocycles. The lowest BCUT2D eigenvalue weighted by atomic mass is 10.0. The molecule has 1 aliphatic heterocycles. The number of carbonyl (C=O) groups is 1. The molecule has 1 aromatic carbocycles. The third kappa shape index (κ3) is 9.66. The van der Waals surface area contributed by atoms with Gasteiger partial charge < -0.3 is 24.6 Å². The highest BCUT2D eigenvalue weighted by Crippen LogP contribution is 2.15. The minimum atomic E-state index is -0.795. The molecule has 0 bridgehead atoms. The Balaban J connectivity index is 1.98. The van der Waals surface area contributed by atoms with Gasteiger partial charge in [-0.15, -0.1) is 0 Å². The first-order valence-corrected chi connectivity index (χ1v) is 11.1. The third-order valence-corrected chi connectivity index (χ3v) is 5.26. The van der Waals surface area contributed by atoms with Crippen LogP contribution in [0.5, 0.6) is 0 Å². The number of alkyl carbamates (subject to hydrolysis) is 1. The predicted octanol–water partition coefficient (Wildman–Crippen LogP) is 3.03. The molecule has 7 nitrogen and oxygen atoms in total. The molecule has 1 amide bonds. The molecular weight excluding hydrogens is 404 g/mol. The largest absolute Gasteiger partial charge is 0.446 e. The van der Waals surface area contributed by atoms with E-state index in [4.69, 9.17) is 14.2 Å². The highest BCUT2D eigenvalue weighted by molar-refractivity contribution is 7.77. The van der Waals surface area contributed by atoms with E-state index in [2.05, 4.69) is 32.0 Å². The molecule has 2 rings (SSSR count). The summed E-state index contributed by atoms with van der Waals surface area (Å²) in [6.45, 7) is 7.93. The van der Waals surface area contributed by atoms with E-state index in [0.29, 0.717) is 38.3 Å².